The molecule has 0 N–H and O–H groups in total. The lowest BCUT2D eigenvalue weighted by Crippen LogP contribution is -2.05. The minimum atomic E-state index is 0.242. The second-order valence-corrected chi connectivity index (χ2v) is 4.91. The smallest absolute Gasteiger partial charge is 0.130 e. The van der Waals surface area contributed by atoms with E-state index in [4.69, 9.17) is 4.74 Å². The fourth-order valence-corrected chi connectivity index (χ4v) is 2.27. The summed E-state index contributed by atoms with van der Waals surface area (Å²) >= 11 is 0. The second kappa shape index (κ2) is 6.48. The summed E-state index contributed by atoms with van der Waals surface area (Å²) in [5.41, 5.74) is 2.25. The van der Waals surface area contributed by atoms with Gasteiger partial charge in [-0.15, -0.1) is 0 Å². The lowest BCUT2D eigenvalue weighted by molar-refractivity contribution is -0.117. The molecule has 4 heteroatoms. The molecule has 1 atom stereocenters. The summed E-state index contributed by atoms with van der Waals surface area (Å²) in [5, 5.41) is 4.31. The van der Waals surface area contributed by atoms with Crippen molar-refractivity contribution in [2.45, 2.75) is 26.3 Å². The highest BCUT2D eigenvalue weighted by Gasteiger charge is 2.13. The molecule has 1 heterocycles. The Kier molecular flexibility index (Phi) is 4.68. The van der Waals surface area contributed by atoms with E-state index in [2.05, 4.69) is 23.3 Å². The molecule has 0 saturated heterocycles. The molecule has 2 rings (SSSR count). The van der Waals surface area contributed by atoms with Crippen LogP contribution >= 0.6 is 0 Å². The van der Waals surface area contributed by atoms with Crippen LogP contribution in [0.5, 0.6) is 0 Å². The number of carbonyl (C=O) groups is 1. The number of nitrogens with zero attached hydrogens (tertiary/aromatic N) is 2. The first-order valence-electron chi connectivity index (χ1n) is 6.58. The van der Waals surface area contributed by atoms with E-state index in [-0.39, 0.29) is 5.78 Å². The largest absolute Gasteiger partial charge is 0.383 e. The molecule has 0 bridgehead atoms. The van der Waals surface area contributed by atoms with Crippen molar-refractivity contribution in [1.82, 2.24) is 9.78 Å². The standard InChI is InChI=1S/C15H20N2O2/c1-12(18)8-13-4-3-5-14(9-13)15-10-16-17(11-15)6-7-19-2/h3,5,9-11,13H,4,6-8H2,1-2H3. The lowest BCUT2D eigenvalue weighted by Gasteiger charge is -2.14. The third kappa shape index (κ3) is 3.89. The zero-order valence-electron chi connectivity index (χ0n) is 11.5. The predicted molar refractivity (Wildman–Crippen MR) is 74.6 cm³/mol. The van der Waals surface area contributed by atoms with Gasteiger partial charge in [0.1, 0.15) is 5.78 Å². The van der Waals surface area contributed by atoms with E-state index in [9.17, 15) is 4.79 Å². The average Bonchev–Trinajstić information content (AvgIpc) is 2.84. The molecule has 0 amide bonds. The molecular formula is C15H20N2O2. The van der Waals surface area contributed by atoms with Crippen LogP contribution in [0.15, 0.2) is 30.6 Å². The zero-order valence-corrected chi connectivity index (χ0v) is 11.5. The van der Waals surface area contributed by atoms with Gasteiger partial charge in [-0.1, -0.05) is 18.2 Å². The number of aromatic nitrogens is 2. The summed E-state index contributed by atoms with van der Waals surface area (Å²) in [4.78, 5) is 11.2. The van der Waals surface area contributed by atoms with E-state index >= 15 is 0 Å². The minimum absolute atomic E-state index is 0.242. The highest BCUT2D eigenvalue weighted by molar-refractivity contribution is 5.78. The van der Waals surface area contributed by atoms with Crippen LogP contribution in [-0.4, -0.2) is 29.3 Å². The number of ether oxygens (including phenoxy) is 1. The van der Waals surface area contributed by atoms with Crippen molar-refractivity contribution in [3.8, 4) is 0 Å². The van der Waals surface area contributed by atoms with Crippen molar-refractivity contribution in [3.05, 3.63) is 36.2 Å². The van der Waals surface area contributed by atoms with Crippen LogP contribution in [0, 0.1) is 5.92 Å². The molecule has 1 unspecified atom stereocenters. The summed E-state index contributed by atoms with van der Waals surface area (Å²) < 4.78 is 6.91. The monoisotopic (exact) mass is 260 g/mol. The van der Waals surface area contributed by atoms with Gasteiger partial charge in [0.05, 0.1) is 19.3 Å². The van der Waals surface area contributed by atoms with E-state index in [1.165, 1.54) is 0 Å². The fraction of sp³-hybridized carbons (Fsp3) is 0.467. The number of hydrogen-bond acceptors (Lipinski definition) is 3. The van der Waals surface area contributed by atoms with Gasteiger partial charge in [0, 0.05) is 25.3 Å². The van der Waals surface area contributed by atoms with Crippen molar-refractivity contribution in [3.63, 3.8) is 0 Å². The Morgan fingerprint density at radius 3 is 3.16 bits per heavy atom. The van der Waals surface area contributed by atoms with Gasteiger partial charge in [0.2, 0.25) is 0 Å². The molecule has 1 aliphatic rings. The van der Waals surface area contributed by atoms with E-state index in [1.54, 1.807) is 14.0 Å². The molecule has 102 valence electrons. The topological polar surface area (TPSA) is 44.1 Å². The SMILES string of the molecule is COCCn1cc(C2=CC(CC(C)=O)CC=C2)cn1. The maximum Gasteiger partial charge on any atom is 0.130 e. The number of hydrogen-bond donors (Lipinski definition) is 0. The quantitative estimate of drug-likeness (QED) is 0.789. The van der Waals surface area contributed by atoms with Gasteiger partial charge < -0.3 is 9.53 Å². The van der Waals surface area contributed by atoms with Gasteiger partial charge in [-0.3, -0.25) is 4.68 Å². The summed E-state index contributed by atoms with van der Waals surface area (Å²) in [6.07, 6.45) is 11.9. The number of methoxy groups -OCH3 is 1. The Balaban J connectivity index is 2.07. The summed E-state index contributed by atoms with van der Waals surface area (Å²) in [5.74, 6) is 0.562. The first kappa shape index (κ1) is 13.7. The Hall–Kier alpha value is -1.68. The number of rotatable bonds is 6. The maximum atomic E-state index is 11.2. The third-order valence-corrected chi connectivity index (χ3v) is 3.19. The highest BCUT2D eigenvalue weighted by atomic mass is 16.5. The van der Waals surface area contributed by atoms with E-state index in [0.717, 1.165) is 24.1 Å². The molecule has 1 aromatic heterocycles. The Bertz CT molecular complexity index is 500. The Morgan fingerprint density at radius 2 is 2.42 bits per heavy atom. The van der Waals surface area contributed by atoms with Gasteiger partial charge in [-0.25, -0.2) is 0 Å². The van der Waals surface area contributed by atoms with Crippen molar-refractivity contribution < 1.29 is 9.53 Å². The highest BCUT2D eigenvalue weighted by Crippen LogP contribution is 2.26. The van der Waals surface area contributed by atoms with E-state index in [1.807, 2.05) is 17.1 Å². The summed E-state index contributed by atoms with van der Waals surface area (Å²) in [6.45, 7) is 3.06. The molecule has 0 saturated carbocycles. The summed E-state index contributed by atoms with van der Waals surface area (Å²) in [6, 6.07) is 0. The van der Waals surface area contributed by atoms with Gasteiger partial charge in [-0.05, 0) is 24.8 Å². The third-order valence-electron chi connectivity index (χ3n) is 3.19. The van der Waals surface area contributed by atoms with Crippen LogP contribution in [-0.2, 0) is 16.1 Å². The normalized spacial score (nSPS) is 18.4. The molecule has 0 aliphatic heterocycles. The van der Waals surface area contributed by atoms with Crippen LogP contribution in [0.4, 0.5) is 0 Å². The number of carbonyl (C=O) groups excluding carboxylic acids is 1. The molecule has 4 nitrogen and oxygen atoms in total. The van der Waals surface area contributed by atoms with Crippen molar-refractivity contribution in [1.29, 1.82) is 0 Å². The van der Waals surface area contributed by atoms with Crippen molar-refractivity contribution >= 4 is 11.4 Å². The number of ketones is 1. The first-order chi connectivity index (χ1) is 9.19. The zero-order chi connectivity index (χ0) is 13.7. The molecule has 0 radical (unpaired) electrons. The predicted octanol–water partition coefficient (Wildman–Crippen LogP) is 2.47. The molecule has 19 heavy (non-hydrogen) atoms. The number of allylic oxidation sites excluding steroid dienone is 4. The molecule has 1 aromatic rings. The van der Waals surface area contributed by atoms with Gasteiger partial charge in [0.25, 0.3) is 0 Å². The van der Waals surface area contributed by atoms with Crippen LogP contribution in [0.3, 0.4) is 0 Å². The minimum Gasteiger partial charge on any atom is -0.383 e. The van der Waals surface area contributed by atoms with Crippen LogP contribution < -0.4 is 0 Å². The number of Topliss-reactive ketones (excluding diaryl/α,β-unsaturated/α-hetero) is 1. The van der Waals surface area contributed by atoms with E-state index < -0.39 is 0 Å². The molecule has 0 aromatic carbocycles. The van der Waals surface area contributed by atoms with Crippen LogP contribution in [0.1, 0.15) is 25.3 Å². The van der Waals surface area contributed by atoms with Gasteiger partial charge in [-0.2, -0.15) is 5.10 Å². The average molecular weight is 260 g/mol. The van der Waals surface area contributed by atoms with E-state index in [0.29, 0.717) is 18.9 Å². The Morgan fingerprint density at radius 1 is 1.58 bits per heavy atom. The summed E-state index contributed by atoms with van der Waals surface area (Å²) in [7, 11) is 1.68. The molecule has 0 spiro atoms. The van der Waals surface area contributed by atoms with Crippen molar-refractivity contribution in [2.24, 2.45) is 5.92 Å². The molecule has 1 aliphatic carbocycles. The van der Waals surface area contributed by atoms with Crippen molar-refractivity contribution in [2.75, 3.05) is 13.7 Å². The maximum absolute atomic E-state index is 11.2. The molecule has 0 fully saturated rings. The fourth-order valence-electron chi connectivity index (χ4n) is 2.27. The van der Waals surface area contributed by atoms with Crippen LogP contribution in [0.25, 0.3) is 5.57 Å². The lowest BCUT2D eigenvalue weighted by atomic mass is 9.90. The molecular weight excluding hydrogens is 240 g/mol. The second-order valence-electron chi connectivity index (χ2n) is 4.91. The van der Waals surface area contributed by atoms with Gasteiger partial charge in [0.15, 0.2) is 0 Å². The van der Waals surface area contributed by atoms with Gasteiger partial charge >= 0.3 is 0 Å². The first-order valence-corrected chi connectivity index (χ1v) is 6.58. The Labute approximate surface area is 113 Å². The van der Waals surface area contributed by atoms with Crippen LogP contribution in [0.2, 0.25) is 0 Å².